The maximum absolute atomic E-state index is 10.9. The molecule has 0 bridgehead atoms. The molecule has 0 aliphatic carbocycles. The standard InChI is InChI=1S/C15H15ClN2O2/c1-10-6-7-13(16)14(8-10)17-9-12-4-3-5-15(11(12)2)18(19)20/h3-8,17H,9H2,1-2H3. The third kappa shape index (κ3) is 3.08. The van der Waals surface area contributed by atoms with Crippen LogP contribution in [0.4, 0.5) is 11.4 Å². The second kappa shape index (κ2) is 5.92. The van der Waals surface area contributed by atoms with E-state index in [1.54, 1.807) is 13.0 Å². The van der Waals surface area contributed by atoms with Gasteiger partial charge in [-0.1, -0.05) is 29.8 Å². The van der Waals surface area contributed by atoms with Gasteiger partial charge in [-0.05, 0) is 37.1 Å². The van der Waals surface area contributed by atoms with Crippen LogP contribution in [0.5, 0.6) is 0 Å². The molecule has 2 rings (SSSR count). The number of benzene rings is 2. The maximum atomic E-state index is 10.9. The molecule has 104 valence electrons. The number of aryl methyl sites for hydroxylation is 1. The molecule has 1 N–H and O–H groups in total. The van der Waals surface area contributed by atoms with Crippen LogP contribution in [0, 0.1) is 24.0 Å². The molecule has 0 amide bonds. The van der Waals surface area contributed by atoms with Gasteiger partial charge < -0.3 is 5.32 Å². The highest BCUT2D eigenvalue weighted by molar-refractivity contribution is 6.33. The van der Waals surface area contributed by atoms with E-state index in [1.807, 2.05) is 31.2 Å². The highest BCUT2D eigenvalue weighted by atomic mass is 35.5. The van der Waals surface area contributed by atoms with Gasteiger partial charge in [-0.25, -0.2) is 0 Å². The number of nitrogens with one attached hydrogen (secondary N) is 1. The Hall–Kier alpha value is -2.07. The minimum Gasteiger partial charge on any atom is -0.380 e. The summed E-state index contributed by atoms with van der Waals surface area (Å²) in [6.45, 7) is 4.24. The number of rotatable bonds is 4. The van der Waals surface area contributed by atoms with Gasteiger partial charge in [0.2, 0.25) is 0 Å². The zero-order chi connectivity index (χ0) is 14.7. The Morgan fingerprint density at radius 2 is 2.00 bits per heavy atom. The number of halogens is 1. The molecule has 0 fully saturated rings. The minimum absolute atomic E-state index is 0.139. The van der Waals surface area contributed by atoms with Crippen LogP contribution in [0.3, 0.4) is 0 Å². The van der Waals surface area contributed by atoms with E-state index in [-0.39, 0.29) is 10.6 Å². The summed E-state index contributed by atoms with van der Waals surface area (Å²) in [7, 11) is 0. The smallest absolute Gasteiger partial charge is 0.272 e. The van der Waals surface area contributed by atoms with E-state index in [0.717, 1.165) is 16.8 Å². The van der Waals surface area contributed by atoms with Crippen LogP contribution in [-0.2, 0) is 6.54 Å². The molecule has 0 radical (unpaired) electrons. The summed E-state index contributed by atoms with van der Waals surface area (Å²) in [6.07, 6.45) is 0. The summed E-state index contributed by atoms with van der Waals surface area (Å²) in [6, 6.07) is 10.8. The third-order valence-corrected chi connectivity index (χ3v) is 3.53. The van der Waals surface area contributed by atoms with Gasteiger partial charge >= 0.3 is 0 Å². The number of nitro benzene ring substituents is 1. The summed E-state index contributed by atoms with van der Waals surface area (Å²) in [4.78, 5) is 10.5. The number of nitro groups is 1. The van der Waals surface area contributed by atoms with Crippen molar-refractivity contribution in [2.24, 2.45) is 0 Å². The molecule has 0 heterocycles. The van der Waals surface area contributed by atoms with Crippen molar-refractivity contribution in [2.45, 2.75) is 20.4 Å². The van der Waals surface area contributed by atoms with Crippen LogP contribution in [0.15, 0.2) is 36.4 Å². The molecule has 0 spiro atoms. The van der Waals surface area contributed by atoms with Crippen LogP contribution in [-0.4, -0.2) is 4.92 Å². The minimum atomic E-state index is -0.363. The van der Waals surface area contributed by atoms with Gasteiger partial charge in [-0.15, -0.1) is 0 Å². The molecule has 0 saturated heterocycles. The first kappa shape index (κ1) is 14.3. The van der Waals surface area contributed by atoms with Crippen molar-refractivity contribution in [1.82, 2.24) is 0 Å². The monoisotopic (exact) mass is 290 g/mol. The lowest BCUT2D eigenvalue weighted by molar-refractivity contribution is -0.385. The summed E-state index contributed by atoms with van der Waals surface area (Å²) in [5.41, 5.74) is 3.63. The van der Waals surface area contributed by atoms with E-state index >= 15 is 0 Å². The predicted octanol–water partition coefficient (Wildman–Crippen LogP) is 4.48. The molecular weight excluding hydrogens is 276 g/mol. The van der Waals surface area contributed by atoms with Gasteiger partial charge in [0.25, 0.3) is 5.69 Å². The molecule has 2 aromatic carbocycles. The van der Waals surface area contributed by atoms with Gasteiger partial charge in [-0.2, -0.15) is 0 Å². The Labute approximate surface area is 122 Å². The molecule has 0 saturated carbocycles. The fraction of sp³-hybridized carbons (Fsp3) is 0.200. The molecule has 0 atom stereocenters. The molecule has 0 aromatic heterocycles. The molecule has 5 heteroatoms. The predicted molar refractivity (Wildman–Crippen MR) is 81.3 cm³/mol. The Bertz CT molecular complexity index is 656. The van der Waals surface area contributed by atoms with Crippen molar-refractivity contribution >= 4 is 23.0 Å². The van der Waals surface area contributed by atoms with Crippen molar-refractivity contribution in [3.8, 4) is 0 Å². The topological polar surface area (TPSA) is 55.2 Å². The zero-order valence-electron chi connectivity index (χ0n) is 11.3. The molecule has 4 nitrogen and oxygen atoms in total. The Balaban J connectivity index is 2.21. The van der Waals surface area contributed by atoms with E-state index in [2.05, 4.69) is 5.32 Å². The molecular formula is C15H15ClN2O2. The Morgan fingerprint density at radius 1 is 1.25 bits per heavy atom. The lowest BCUT2D eigenvalue weighted by Gasteiger charge is -2.11. The summed E-state index contributed by atoms with van der Waals surface area (Å²) < 4.78 is 0. The zero-order valence-corrected chi connectivity index (χ0v) is 12.1. The van der Waals surface area contributed by atoms with Gasteiger partial charge in [-0.3, -0.25) is 10.1 Å². The first-order chi connectivity index (χ1) is 9.49. The number of anilines is 1. The SMILES string of the molecule is Cc1ccc(Cl)c(NCc2cccc([N+](=O)[O-])c2C)c1. The van der Waals surface area contributed by atoms with Crippen molar-refractivity contribution in [2.75, 3.05) is 5.32 Å². The average molecular weight is 291 g/mol. The highest BCUT2D eigenvalue weighted by Crippen LogP contribution is 2.25. The van der Waals surface area contributed by atoms with Gasteiger partial charge in [0.1, 0.15) is 0 Å². The first-order valence-corrected chi connectivity index (χ1v) is 6.59. The summed E-state index contributed by atoms with van der Waals surface area (Å²) in [5, 5.41) is 14.8. The lowest BCUT2D eigenvalue weighted by Crippen LogP contribution is -2.04. The number of nitrogens with zero attached hydrogens (tertiary/aromatic N) is 1. The summed E-state index contributed by atoms with van der Waals surface area (Å²) >= 11 is 6.11. The second-order valence-electron chi connectivity index (χ2n) is 4.66. The number of hydrogen-bond acceptors (Lipinski definition) is 3. The van der Waals surface area contributed by atoms with Crippen LogP contribution in [0.25, 0.3) is 0 Å². The largest absolute Gasteiger partial charge is 0.380 e. The van der Waals surface area contributed by atoms with Crippen LogP contribution in [0.2, 0.25) is 5.02 Å². The van der Waals surface area contributed by atoms with Crippen molar-refractivity contribution in [1.29, 1.82) is 0 Å². The van der Waals surface area contributed by atoms with Crippen LogP contribution in [0.1, 0.15) is 16.7 Å². The van der Waals surface area contributed by atoms with E-state index in [4.69, 9.17) is 11.6 Å². The van der Waals surface area contributed by atoms with Crippen molar-refractivity contribution in [3.63, 3.8) is 0 Å². The van der Waals surface area contributed by atoms with E-state index in [9.17, 15) is 10.1 Å². The third-order valence-electron chi connectivity index (χ3n) is 3.21. The molecule has 2 aromatic rings. The molecule has 0 aliphatic rings. The summed E-state index contributed by atoms with van der Waals surface area (Å²) in [5.74, 6) is 0. The van der Waals surface area contributed by atoms with Gasteiger partial charge in [0.15, 0.2) is 0 Å². The number of hydrogen-bond donors (Lipinski definition) is 1. The van der Waals surface area contributed by atoms with Gasteiger partial charge in [0.05, 0.1) is 15.6 Å². The van der Waals surface area contributed by atoms with Crippen molar-refractivity contribution < 1.29 is 4.92 Å². The highest BCUT2D eigenvalue weighted by Gasteiger charge is 2.13. The Kier molecular flexibility index (Phi) is 4.25. The molecule has 0 aliphatic heterocycles. The maximum Gasteiger partial charge on any atom is 0.272 e. The second-order valence-corrected chi connectivity index (χ2v) is 5.06. The fourth-order valence-electron chi connectivity index (χ4n) is 2.02. The van der Waals surface area contributed by atoms with E-state index in [0.29, 0.717) is 17.1 Å². The van der Waals surface area contributed by atoms with Crippen LogP contribution < -0.4 is 5.32 Å². The first-order valence-electron chi connectivity index (χ1n) is 6.22. The Morgan fingerprint density at radius 3 is 2.70 bits per heavy atom. The van der Waals surface area contributed by atoms with Gasteiger partial charge in [0, 0.05) is 18.2 Å². The quantitative estimate of drug-likeness (QED) is 0.667. The van der Waals surface area contributed by atoms with Crippen molar-refractivity contribution in [3.05, 3.63) is 68.2 Å². The lowest BCUT2D eigenvalue weighted by atomic mass is 10.1. The molecule has 20 heavy (non-hydrogen) atoms. The molecule has 0 unspecified atom stereocenters. The normalized spacial score (nSPS) is 10.3. The van der Waals surface area contributed by atoms with Crippen LogP contribution >= 0.6 is 11.6 Å². The average Bonchev–Trinajstić information content (AvgIpc) is 2.41. The van der Waals surface area contributed by atoms with E-state index in [1.165, 1.54) is 6.07 Å². The fourth-order valence-corrected chi connectivity index (χ4v) is 2.21. The van der Waals surface area contributed by atoms with E-state index < -0.39 is 0 Å².